The standard InChI is InChI=1S/C11H18N4O3S/c1-11(2,3)15-19(17,18)14-9-6-4-8(5-7-9)10(12)13-16/h4-7,14-16H,1-3H3,(H2,12,13). The summed E-state index contributed by atoms with van der Waals surface area (Å²) in [5.41, 5.74) is 5.71. The first kappa shape index (κ1) is 15.3. The molecule has 0 aliphatic heterocycles. The summed E-state index contributed by atoms with van der Waals surface area (Å²) in [6.45, 7) is 5.23. The molecule has 19 heavy (non-hydrogen) atoms. The third-order valence-corrected chi connectivity index (χ3v) is 3.37. The van der Waals surface area contributed by atoms with Crippen molar-refractivity contribution in [1.82, 2.24) is 4.72 Å². The molecule has 0 heterocycles. The predicted molar refractivity (Wildman–Crippen MR) is 74.4 cm³/mol. The summed E-state index contributed by atoms with van der Waals surface area (Å²) in [5, 5.41) is 11.4. The van der Waals surface area contributed by atoms with Crippen LogP contribution >= 0.6 is 0 Å². The molecule has 0 spiro atoms. The Morgan fingerprint density at radius 1 is 1.26 bits per heavy atom. The van der Waals surface area contributed by atoms with Gasteiger partial charge in [-0.1, -0.05) is 5.16 Å². The summed E-state index contributed by atoms with van der Waals surface area (Å²) in [6, 6.07) is 6.14. The van der Waals surface area contributed by atoms with E-state index in [1.807, 2.05) is 0 Å². The van der Waals surface area contributed by atoms with Crippen LogP contribution in [0.25, 0.3) is 0 Å². The van der Waals surface area contributed by atoms with Gasteiger partial charge in [0.25, 0.3) is 10.2 Å². The molecule has 0 saturated carbocycles. The van der Waals surface area contributed by atoms with E-state index < -0.39 is 15.7 Å². The van der Waals surface area contributed by atoms with Crippen molar-refractivity contribution >= 4 is 21.7 Å². The van der Waals surface area contributed by atoms with E-state index >= 15 is 0 Å². The van der Waals surface area contributed by atoms with Crippen molar-refractivity contribution in [2.45, 2.75) is 26.3 Å². The number of benzene rings is 1. The van der Waals surface area contributed by atoms with Crippen LogP contribution in [0.1, 0.15) is 26.3 Å². The second-order valence-corrected chi connectivity index (χ2v) is 6.44. The fourth-order valence-corrected chi connectivity index (χ4v) is 2.65. The fourth-order valence-electron chi connectivity index (χ4n) is 1.35. The fraction of sp³-hybridized carbons (Fsp3) is 0.364. The molecule has 0 aliphatic carbocycles. The number of rotatable bonds is 4. The first-order valence-electron chi connectivity index (χ1n) is 5.53. The summed E-state index contributed by atoms with van der Waals surface area (Å²) in [5.74, 6) is -0.0396. The second-order valence-electron chi connectivity index (χ2n) is 5.02. The smallest absolute Gasteiger partial charge is 0.299 e. The predicted octanol–water partition coefficient (Wildman–Crippen LogP) is 0.826. The van der Waals surface area contributed by atoms with Crippen molar-refractivity contribution < 1.29 is 13.6 Å². The molecule has 5 N–H and O–H groups in total. The minimum Gasteiger partial charge on any atom is -0.409 e. The maximum Gasteiger partial charge on any atom is 0.299 e. The van der Waals surface area contributed by atoms with Gasteiger partial charge in [-0.05, 0) is 45.0 Å². The van der Waals surface area contributed by atoms with E-state index in [1.165, 1.54) is 12.1 Å². The van der Waals surface area contributed by atoms with Gasteiger partial charge in [-0.3, -0.25) is 4.72 Å². The van der Waals surface area contributed by atoms with Gasteiger partial charge in [-0.25, -0.2) is 0 Å². The zero-order valence-electron chi connectivity index (χ0n) is 11.0. The number of hydrogen-bond donors (Lipinski definition) is 4. The quantitative estimate of drug-likeness (QED) is 0.284. The number of anilines is 1. The number of nitrogens with zero attached hydrogens (tertiary/aromatic N) is 1. The van der Waals surface area contributed by atoms with Crippen LogP contribution in [0.2, 0.25) is 0 Å². The van der Waals surface area contributed by atoms with Crippen LogP contribution in [0, 0.1) is 0 Å². The van der Waals surface area contributed by atoms with Gasteiger partial charge in [-0.2, -0.15) is 13.1 Å². The Morgan fingerprint density at radius 2 is 1.79 bits per heavy atom. The molecule has 1 aromatic rings. The zero-order valence-corrected chi connectivity index (χ0v) is 11.8. The Bertz CT molecular complexity index is 559. The maximum atomic E-state index is 11.8. The van der Waals surface area contributed by atoms with Gasteiger partial charge in [0.1, 0.15) is 0 Å². The highest BCUT2D eigenvalue weighted by molar-refractivity contribution is 7.90. The monoisotopic (exact) mass is 286 g/mol. The molecule has 8 heteroatoms. The molecular weight excluding hydrogens is 268 g/mol. The lowest BCUT2D eigenvalue weighted by atomic mass is 10.1. The van der Waals surface area contributed by atoms with Gasteiger partial charge in [0, 0.05) is 16.8 Å². The van der Waals surface area contributed by atoms with Crippen LogP contribution in [0.3, 0.4) is 0 Å². The average molecular weight is 286 g/mol. The number of nitrogens with two attached hydrogens (primary N) is 1. The summed E-state index contributed by atoms with van der Waals surface area (Å²) in [6.07, 6.45) is 0. The Labute approximate surface area is 112 Å². The Morgan fingerprint density at radius 3 is 2.21 bits per heavy atom. The first-order valence-corrected chi connectivity index (χ1v) is 7.01. The van der Waals surface area contributed by atoms with Crippen molar-refractivity contribution in [2.24, 2.45) is 10.9 Å². The number of nitrogens with one attached hydrogen (secondary N) is 2. The van der Waals surface area contributed by atoms with Crippen molar-refractivity contribution in [3.05, 3.63) is 29.8 Å². The van der Waals surface area contributed by atoms with Crippen LogP contribution in [0.15, 0.2) is 29.4 Å². The van der Waals surface area contributed by atoms with E-state index in [0.29, 0.717) is 11.3 Å². The molecule has 1 aromatic carbocycles. The summed E-state index contributed by atoms with van der Waals surface area (Å²) < 4.78 is 28.4. The summed E-state index contributed by atoms with van der Waals surface area (Å²) in [4.78, 5) is 0. The molecule has 7 nitrogen and oxygen atoms in total. The van der Waals surface area contributed by atoms with Crippen molar-refractivity contribution in [1.29, 1.82) is 0 Å². The van der Waals surface area contributed by atoms with Gasteiger partial charge in [0.05, 0.1) is 0 Å². The van der Waals surface area contributed by atoms with Gasteiger partial charge in [-0.15, -0.1) is 0 Å². The van der Waals surface area contributed by atoms with Crippen LogP contribution in [-0.2, 0) is 10.2 Å². The second kappa shape index (κ2) is 5.45. The minimum absolute atomic E-state index is 0.0396. The van der Waals surface area contributed by atoms with Crippen LogP contribution < -0.4 is 15.2 Å². The highest BCUT2D eigenvalue weighted by Crippen LogP contribution is 2.12. The van der Waals surface area contributed by atoms with Crippen molar-refractivity contribution in [3.63, 3.8) is 0 Å². The molecule has 0 saturated heterocycles. The van der Waals surface area contributed by atoms with Crippen LogP contribution in [0.4, 0.5) is 5.69 Å². The maximum absolute atomic E-state index is 11.8. The summed E-state index contributed by atoms with van der Waals surface area (Å²) >= 11 is 0. The molecule has 0 radical (unpaired) electrons. The molecule has 0 bridgehead atoms. The van der Waals surface area contributed by atoms with Crippen molar-refractivity contribution in [2.75, 3.05) is 4.72 Å². The minimum atomic E-state index is -3.64. The molecular formula is C11H18N4O3S. The van der Waals surface area contributed by atoms with E-state index in [1.54, 1.807) is 32.9 Å². The highest BCUT2D eigenvalue weighted by Gasteiger charge is 2.19. The highest BCUT2D eigenvalue weighted by atomic mass is 32.2. The van der Waals surface area contributed by atoms with E-state index in [-0.39, 0.29) is 5.84 Å². The Balaban J connectivity index is 2.84. The average Bonchev–Trinajstić information content (AvgIpc) is 2.25. The van der Waals surface area contributed by atoms with Gasteiger partial charge >= 0.3 is 0 Å². The third-order valence-electron chi connectivity index (χ3n) is 1.98. The van der Waals surface area contributed by atoms with E-state index in [2.05, 4.69) is 14.6 Å². The summed E-state index contributed by atoms with van der Waals surface area (Å²) in [7, 11) is -3.64. The number of hydrogen-bond acceptors (Lipinski definition) is 4. The van der Waals surface area contributed by atoms with Gasteiger partial charge in [0.2, 0.25) is 0 Å². The lowest BCUT2D eigenvalue weighted by molar-refractivity contribution is 0.318. The lowest BCUT2D eigenvalue weighted by Crippen LogP contribution is -2.43. The zero-order chi connectivity index (χ0) is 14.7. The normalized spacial score (nSPS) is 13.3. The van der Waals surface area contributed by atoms with E-state index in [4.69, 9.17) is 10.9 Å². The van der Waals surface area contributed by atoms with Crippen LogP contribution in [-0.4, -0.2) is 25.0 Å². The number of oxime groups is 1. The molecule has 0 fully saturated rings. The first-order chi connectivity index (χ1) is 8.63. The topological polar surface area (TPSA) is 117 Å². The largest absolute Gasteiger partial charge is 0.409 e. The molecule has 106 valence electrons. The third kappa shape index (κ3) is 5.14. The molecule has 0 unspecified atom stereocenters. The van der Waals surface area contributed by atoms with Crippen molar-refractivity contribution in [3.8, 4) is 0 Å². The lowest BCUT2D eigenvalue weighted by Gasteiger charge is -2.20. The number of amidine groups is 1. The van der Waals surface area contributed by atoms with E-state index in [9.17, 15) is 8.42 Å². The van der Waals surface area contributed by atoms with Gasteiger partial charge < -0.3 is 10.9 Å². The van der Waals surface area contributed by atoms with Crippen LogP contribution in [0.5, 0.6) is 0 Å². The molecule has 0 aliphatic rings. The van der Waals surface area contributed by atoms with E-state index in [0.717, 1.165) is 0 Å². The molecule has 0 aromatic heterocycles. The molecule has 1 rings (SSSR count). The SMILES string of the molecule is CC(C)(C)NS(=O)(=O)Nc1ccc(/C(N)=N/O)cc1. The molecule has 0 atom stereocenters. The molecule has 0 amide bonds. The van der Waals surface area contributed by atoms with Gasteiger partial charge in [0.15, 0.2) is 5.84 Å². The Kier molecular flexibility index (Phi) is 4.38. The Hall–Kier alpha value is -1.80.